The molecule has 1 fully saturated rings. The van der Waals surface area contributed by atoms with Crippen LogP contribution in [0.3, 0.4) is 0 Å². The van der Waals surface area contributed by atoms with Crippen LogP contribution in [0, 0.1) is 5.92 Å². The SMILES string of the molecule is COc1cccc2c1NCCN2CC1CC1. The Morgan fingerprint density at radius 1 is 1.44 bits per heavy atom. The first kappa shape index (κ1) is 9.82. The lowest BCUT2D eigenvalue weighted by Gasteiger charge is -2.32. The molecule has 0 spiro atoms. The number of methoxy groups -OCH3 is 1. The molecule has 0 bridgehead atoms. The first-order valence-corrected chi connectivity index (χ1v) is 6.04. The van der Waals surface area contributed by atoms with Crippen LogP contribution in [0.25, 0.3) is 0 Å². The zero-order valence-electron chi connectivity index (χ0n) is 9.70. The zero-order valence-corrected chi connectivity index (χ0v) is 9.70. The van der Waals surface area contributed by atoms with Crippen LogP contribution in [-0.4, -0.2) is 26.7 Å². The second-order valence-corrected chi connectivity index (χ2v) is 4.67. The van der Waals surface area contributed by atoms with Crippen molar-refractivity contribution < 1.29 is 4.74 Å². The van der Waals surface area contributed by atoms with Gasteiger partial charge < -0.3 is 15.0 Å². The van der Waals surface area contributed by atoms with Crippen LogP contribution in [0.4, 0.5) is 11.4 Å². The zero-order chi connectivity index (χ0) is 11.0. The number of hydrogen-bond acceptors (Lipinski definition) is 3. The normalized spacial score (nSPS) is 18.9. The summed E-state index contributed by atoms with van der Waals surface area (Å²) in [5.41, 5.74) is 2.47. The number of anilines is 2. The van der Waals surface area contributed by atoms with Crippen molar-refractivity contribution in [1.82, 2.24) is 0 Å². The number of hydrogen-bond donors (Lipinski definition) is 1. The van der Waals surface area contributed by atoms with Crippen molar-refractivity contribution in [2.75, 3.05) is 37.0 Å². The topological polar surface area (TPSA) is 24.5 Å². The van der Waals surface area contributed by atoms with E-state index in [4.69, 9.17) is 4.74 Å². The Morgan fingerprint density at radius 3 is 3.06 bits per heavy atom. The van der Waals surface area contributed by atoms with Crippen LogP contribution in [0.5, 0.6) is 5.75 Å². The van der Waals surface area contributed by atoms with Gasteiger partial charge in [-0.1, -0.05) is 6.07 Å². The summed E-state index contributed by atoms with van der Waals surface area (Å²) in [4.78, 5) is 2.49. The molecular formula is C13H18N2O. The third-order valence-corrected chi connectivity index (χ3v) is 3.42. The Hall–Kier alpha value is -1.38. The number of nitrogens with zero attached hydrogens (tertiary/aromatic N) is 1. The van der Waals surface area contributed by atoms with E-state index in [1.54, 1.807) is 7.11 Å². The summed E-state index contributed by atoms with van der Waals surface area (Å²) in [7, 11) is 1.73. The average molecular weight is 218 g/mol. The molecule has 1 aromatic carbocycles. The van der Waals surface area contributed by atoms with Crippen LogP contribution < -0.4 is 15.0 Å². The molecule has 0 unspecified atom stereocenters. The van der Waals surface area contributed by atoms with E-state index < -0.39 is 0 Å². The van der Waals surface area contributed by atoms with Gasteiger partial charge in [-0.3, -0.25) is 0 Å². The van der Waals surface area contributed by atoms with E-state index in [1.807, 2.05) is 6.07 Å². The average Bonchev–Trinajstić information content (AvgIpc) is 3.13. The fraction of sp³-hybridized carbons (Fsp3) is 0.538. The maximum Gasteiger partial charge on any atom is 0.144 e. The number of nitrogens with one attached hydrogen (secondary N) is 1. The smallest absolute Gasteiger partial charge is 0.144 e. The van der Waals surface area contributed by atoms with E-state index in [0.29, 0.717) is 0 Å². The fourth-order valence-electron chi connectivity index (χ4n) is 2.37. The van der Waals surface area contributed by atoms with Gasteiger partial charge >= 0.3 is 0 Å². The van der Waals surface area contributed by atoms with Crippen LogP contribution in [0.15, 0.2) is 18.2 Å². The third kappa shape index (κ3) is 1.70. The minimum absolute atomic E-state index is 0.928. The van der Waals surface area contributed by atoms with Gasteiger partial charge in [-0.15, -0.1) is 0 Å². The summed E-state index contributed by atoms with van der Waals surface area (Å²) >= 11 is 0. The van der Waals surface area contributed by atoms with Gasteiger partial charge in [0.25, 0.3) is 0 Å². The van der Waals surface area contributed by atoms with Crippen LogP contribution in [-0.2, 0) is 0 Å². The van der Waals surface area contributed by atoms with Crippen molar-refractivity contribution in [3.63, 3.8) is 0 Å². The molecule has 86 valence electrons. The molecule has 1 saturated carbocycles. The van der Waals surface area contributed by atoms with Gasteiger partial charge in [-0.2, -0.15) is 0 Å². The number of fused-ring (bicyclic) bond motifs is 1. The van der Waals surface area contributed by atoms with Crippen LogP contribution in [0.1, 0.15) is 12.8 Å². The molecule has 1 aliphatic carbocycles. The molecule has 0 amide bonds. The first-order chi connectivity index (χ1) is 7.88. The molecule has 0 atom stereocenters. The van der Waals surface area contributed by atoms with Crippen molar-refractivity contribution in [2.24, 2.45) is 5.92 Å². The second kappa shape index (κ2) is 3.89. The molecule has 1 heterocycles. The molecule has 2 aliphatic rings. The molecule has 16 heavy (non-hydrogen) atoms. The Bertz CT molecular complexity index is 388. The predicted octanol–water partition coefficient (Wildman–Crippen LogP) is 2.34. The highest BCUT2D eigenvalue weighted by Crippen LogP contribution is 2.39. The highest BCUT2D eigenvalue weighted by Gasteiger charge is 2.27. The third-order valence-electron chi connectivity index (χ3n) is 3.42. The van der Waals surface area contributed by atoms with Crippen molar-refractivity contribution in [2.45, 2.75) is 12.8 Å². The Kier molecular flexibility index (Phi) is 2.39. The van der Waals surface area contributed by atoms with Gasteiger partial charge in [0.15, 0.2) is 0 Å². The quantitative estimate of drug-likeness (QED) is 0.842. The van der Waals surface area contributed by atoms with E-state index in [1.165, 1.54) is 25.1 Å². The molecule has 3 rings (SSSR count). The van der Waals surface area contributed by atoms with Crippen LogP contribution in [0.2, 0.25) is 0 Å². The summed E-state index contributed by atoms with van der Waals surface area (Å²) in [6.07, 6.45) is 2.81. The second-order valence-electron chi connectivity index (χ2n) is 4.67. The van der Waals surface area contributed by atoms with E-state index in [-0.39, 0.29) is 0 Å². The fourth-order valence-corrected chi connectivity index (χ4v) is 2.37. The highest BCUT2D eigenvalue weighted by molar-refractivity contribution is 5.78. The summed E-state index contributed by atoms with van der Waals surface area (Å²) < 4.78 is 5.39. The summed E-state index contributed by atoms with van der Waals surface area (Å²) in [5, 5.41) is 3.44. The lowest BCUT2D eigenvalue weighted by molar-refractivity contribution is 0.416. The standard InChI is InChI=1S/C13H18N2O/c1-16-12-4-2-3-11-13(12)14-7-8-15(11)9-10-5-6-10/h2-4,10,14H,5-9H2,1H3. The lowest BCUT2D eigenvalue weighted by Crippen LogP contribution is -2.35. The number of ether oxygens (including phenoxy) is 1. The van der Waals surface area contributed by atoms with Gasteiger partial charge in [-0.25, -0.2) is 0 Å². The van der Waals surface area contributed by atoms with Crippen molar-refractivity contribution in [3.05, 3.63) is 18.2 Å². The van der Waals surface area contributed by atoms with E-state index in [9.17, 15) is 0 Å². The Labute approximate surface area is 96.4 Å². The lowest BCUT2D eigenvalue weighted by atomic mass is 10.1. The van der Waals surface area contributed by atoms with Crippen molar-refractivity contribution in [3.8, 4) is 5.75 Å². The number of rotatable bonds is 3. The van der Waals surface area contributed by atoms with Crippen LogP contribution >= 0.6 is 0 Å². The maximum absolute atomic E-state index is 5.39. The summed E-state index contributed by atoms with van der Waals surface area (Å²) in [6.45, 7) is 3.33. The predicted molar refractivity (Wildman–Crippen MR) is 66.4 cm³/mol. The minimum Gasteiger partial charge on any atom is -0.495 e. The molecule has 0 aromatic heterocycles. The monoisotopic (exact) mass is 218 g/mol. The van der Waals surface area contributed by atoms with Gasteiger partial charge in [0.1, 0.15) is 11.4 Å². The number of benzene rings is 1. The summed E-state index contributed by atoms with van der Waals surface area (Å²) in [6, 6.07) is 6.28. The Morgan fingerprint density at radius 2 is 2.31 bits per heavy atom. The number of para-hydroxylation sites is 1. The van der Waals surface area contributed by atoms with Crippen molar-refractivity contribution in [1.29, 1.82) is 0 Å². The van der Waals surface area contributed by atoms with E-state index in [2.05, 4.69) is 22.3 Å². The molecular weight excluding hydrogens is 200 g/mol. The van der Waals surface area contributed by atoms with Gasteiger partial charge in [0.05, 0.1) is 12.8 Å². The van der Waals surface area contributed by atoms with Crippen molar-refractivity contribution >= 4 is 11.4 Å². The molecule has 3 heteroatoms. The van der Waals surface area contributed by atoms with Gasteiger partial charge in [-0.05, 0) is 30.9 Å². The molecule has 3 nitrogen and oxygen atoms in total. The van der Waals surface area contributed by atoms with Gasteiger partial charge in [0.2, 0.25) is 0 Å². The Balaban J connectivity index is 1.91. The maximum atomic E-state index is 5.39. The first-order valence-electron chi connectivity index (χ1n) is 6.04. The molecule has 0 radical (unpaired) electrons. The molecule has 0 saturated heterocycles. The highest BCUT2D eigenvalue weighted by atomic mass is 16.5. The molecule has 1 aromatic rings. The minimum atomic E-state index is 0.928. The molecule has 1 N–H and O–H groups in total. The van der Waals surface area contributed by atoms with E-state index in [0.717, 1.165) is 30.4 Å². The van der Waals surface area contributed by atoms with Gasteiger partial charge in [0, 0.05) is 19.6 Å². The largest absolute Gasteiger partial charge is 0.495 e. The molecule has 1 aliphatic heterocycles. The van der Waals surface area contributed by atoms with E-state index >= 15 is 0 Å². The summed E-state index contributed by atoms with van der Waals surface area (Å²) in [5.74, 6) is 1.88.